The summed E-state index contributed by atoms with van der Waals surface area (Å²) in [6.07, 6.45) is 4.53. The first-order chi connectivity index (χ1) is 3.70. The van der Waals surface area contributed by atoms with Crippen LogP contribution in [-0.4, -0.2) is 4.33 Å². The van der Waals surface area contributed by atoms with Gasteiger partial charge in [0.15, 0.2) is 0 Å². The fraction of sp³-hybridized carbons (Fsp3) is 0.833. The SMILES string of the molecule is ClC1(Cl)CC1C1[CH]C1. The Kier molecular flexibility index (Phi) is 0.908. The van der Waals surface area contributed by atoms with Crippen molar-refractivity contribution in [2.75, 3.05) is 0 Å². The highest BCUT2D eigenvalue weighted by Crippen LogP contribution is 2.62. The van der Waals surface area contributed by atoms with Crippen molar-refractivity contribution < 1.29 is 0 Å². The van der Waals surface area contributed by atoms with Crippen molar-refractivity contribution in [3.63, 3.8) is 0 Å². The third-order valence-electron chi connectivity index (χ3n) is 1.90. The molecule has 2 aliphatic rings. The van der Waals surface area contributed by atoms with Gasteiger partial charge >= 0.3 is 0 Å². The van der Waals surface area contributed by atoms with Gasteiger partial charge in [-0.05, 0) is 31.1 Å². The molecule has 0 saturated heterocycles. The molecular weight excluding hydrogens is 143 g/mol. The van der Waals surface area contributed by atoms with E-state index >= 15 is 0 Å². The van der Waals surface area contributed by atoms with Gasteiger partial charge < -0.3 is 0 Å². The minimum absolute atomic E-state index is 0.336. The van der Waals surface area contributed by atoms with Crippen LogP contribution in [0.4, 0.5) is 0 Å². The third-order valence-corrected chi connectivity index (χ3v) is 2.77. The third kappa shape index (κ3) is 0.745. The molecule has 2 atom stereocenters. The number of hydrogen-bond donors (Lipinski definition) is 0. The summed E-state index contributed by atoms with van der Waals surface area (Å²) >= 11 is 11.6. The quantitative estimate of drug-likeness (QED) is 0.503. The molecule has 2 unspecified atom stereocenters. The summed E-state index contributed by atoms with van der Waals surface area (Å²) < 4.78 is -0.336. The van der Waals surface area contributed by atoms with Crippen molar-refractivity contribution in [1.29, 1.82) is 0 Å². The molecule has 8 heavy (non-hydrogen) atoms. The van der Waals surface area contributed by atoms with Gasteiger partial charge in [0.25, 0.3) is 0 Å². The van der Waals surface area contributed by atoms with Gasteiger partial charge in [-0.2, -0.15) is 0 Å². The normalized spacial score (nSPS) is 42.0. The van der Waals surface area contributed by atoms with E-state index in [1.807, 2.05) is 0 Å². The van der Waals surface area contributed by atoms with E-state index < -0.39 is 0 Å². The first-order valence-corrected chi connectivity index (χ1v) is 3.67. The Morgan fingerprint density at radius 2 is 2.00 bits per heavy atom. The Morgan fingerprint density at radius 1 is 1.50 bits per heavy atom. The van der Waals surface area contributed by atoms with E-state index in [1.54, 1.807) is 0 Å². The molecule has 45 valence electrons. The first-order valence-electron chi connectivity index (χ1n) is 2.91. The van der Waals surface area contributed by atoms with E-state index in [4.69, 9.17) is 23.2 Å². The highest BCUT2D eigenvalue weighted by molar-refractivity contribution is 6.50. The summed E-state index contributed by atoms with van der Waals surface area (Å²) in [6, 6.07) is 0. The van der Waals surface area contributed by atoms with Crippen LogP contribution in [0.1, 0.15) is 12.8 Å². The molecule has 0 aromatic rings. The molecule has 0 bridgehead atoms. The van der Waals surface area contributed by atoms with Gasteiger partial charge in [-0.3, -0.25) is 0 Å². The Hall–Kier alpha value is 0.580. The lowest BCUT2D eigenvalue weighted by Gasteiger charge is -1.92. The number of rotatable bonds is 1. The van der Waals surface area contributed by atoms with E-state index in [0.717, 1.165) is 12.3 Å². The zero-order valence-corrected chi connectivity index (χ0v) is 5.91. The molecule has 0 aromatic carbocycles. The summed E-state index contributed by atoms with van der Waals surface area (Å²) in [5, 5.41) is 0. The number of halogens is 2. The molecule has 0 aliphatic heterocycles. The highest BCUT2D eigenvalue weighted by Gasteiger charge is 2.58. The van der Waals surface area contributed by atoms with Crippen LogP contribution >= 0.6 is 23.2 Å². The maximum Gasteiger partial charge on any atom is 0.121 e. The molecule has 2 heteroatoms. The van der Waals surface area contributed by atoms with Gasteiger partial charge in [0.1, 0.15) is 4.33 Å². The van der Waals surface area contributed by atoms with Crippen molar-refractivity contribution in [1.82, 2.24) is 0 Å². The predicted octanol–water partition coefficient (Wildman–Crippen LogP) is 2.40. The average Bonchev–Trinajstić information content (AvgIpc) is 2.37. The van der Waals surface area contributed by atoms with Crippen molar-refractivity contribution in [2.24, 2.45) is 11.8 Å². The molecule has 2 aliphatic carbocycles. The second-order valence-corrected chi connectivity index (χ2v) is 4.25. The van der Waals surface area contributed by atoms with Crippen LogP contribution in [0.3, 0.4) is 0 Å². The molecule has 0 amide bonds. The van der Waals surface area contributed by atoms with Gasteiger partial charge in [-0.15, -0.1) is 23.2 Å². The Morgan fingerprint density at radius 3 is 2.12 bits per heavy atom. The van der Waals surface area contributed by atoms with Crippen molar-refractivity contribution >= 4 is 23.2 Å². The zero-order valence-electron chi connectivity index (χ0n) is 4.40. The summed E-state index contributed by atoms with van der Waals surface area (Å²) in [7, 11) is 0. The van der Waals surface area contributed by atoms with Crippen LogP contribution in [0.2, 0.25) is 0 Å². The van der Waals surface area contributed by atoms with Crippen LogP contribution in [0.25, 0.3) is 0 Å². The minimum Gasteiger partial charge on any atom is -0.101 e. The maximum absolute atomic E-state index is 5.79. The van der Waals surface area contributed by atoms with E-state index in [1.165, 1.54) is 6.42 Å². The lowest BCUT2D eigenvalue weighted by atomic mass is 10.3. The standard InChI is InChI=1S/C6H7Cl2/c7-6(8)3-5(6)4-1-2-4/h1,4-5H,2-3H2. The molecule has 0 N–H and O–H groups in total. The lowest BCUT2D eigenvalue weighted by Crippen LogP contribution is -1.90. The van der Waals surface area contributed by atoms with Gasteiger partial charge in [-0.1, -0.05) is 0 Å². The van der Waals surface area contributed by atoms with Crippen LogP contribution in [0, 0.1) is 18.3 Å². The van der Waals surface area contributed by atoms with Crippen LogP contribution < -0.4 is 0 Å². The Balaban J connectivity index is 1.95. The van der Waals surface area contributed by atoms with Gasteiger partial charge in [0, 0.05) is 0 Å². The van der Waals surface area contributed by atoms with Gasteiger partial charge in [0.2, 0.25) is 0 Å². The minimum atomic E-state index is -0.336. The second-order valence-electron chi connectivity index (χ2n) is 2.71. The predicted molar refractivity (Wildman–Crippen MR) is 35.0 cm³/mol. The van der Waals surface area contributed by atoms with E-state index in [9.17, 15) is 0 Å². The molecule has 2 saturated carbocycles. The maximum atomic E-state index is 5.79. The van der Waals surface area contributed by atoms with Crippen molar-refractivity contribution in [3.05, 3.63) is 6.42 Å². The molecule has 2 fully saturated rings. The first kappa shape index (κ1) is 5.37. The van der Waals surface area contributed by atoms with Crippen LogP contribution in [0.15, 0.2) is 0 Å². The van der Waals surface area contributed by atoms with Gasteiger partial charge in [0.05, 0.1) is 0 Å². The number of hydrogen-bond acceptors (Lipinski definition) is 0. The smallest absolute Gasteiger partial charge is 0.101 e. The zero-order chi connectivity index (χ0) is 5.78. The van der Waals surface area contributed by atoms with Crippen LogP contribution in [0.5, 0.6) is 0 Å². The lowest BCUT2D eigenvalue weighted by molar-refractivity contribution is 0.730. The Bertz CT molecular complexity index is 116. The average molecular weight is 150 g/mol. The summed E-state index contributed by atoms with van der Waals surface area (Å²) in [5.74, 6) is 1.37. The Labute approximate surface area is 59.2 Å². The molecule has 1 radical (unpaired) electrons. The molecule has 0 nitrogen and oxygen atoms in total. The molecule has 2 rings (SSSR count). The van der Waals surface area contributed by atoms with Gasteiger partial charge in [-0.25, -0.2) is 0 Å². The molecule has 0 spiro atoms. The van der Waals surface area contributed by atoms with E-state index in [-0.39, 0.29) is 4.33 Å². The summed E-state index contributed by atoms with van der Waals surface area (Å²) in [5.41, 5.74) is 0. The molecular formula is C6H7Cl2. The van der Waals surface area contributed by atoms with Crippen LogP contribution in [-0.2, 0) is 0 Å². The topological polar surface area (TPSA) is 0 Å². The fourth-order valence-electron chi connectivity index (χ4n) is 1.11. The van der Waals surface area contributed by atoms with Crippen molar-refractivity contribution in [2.45, 2.75) is 17.2 Å². The largest absolute Gasteiger partial charge is 0.121 e. The molecule has 0 heterocycles. The highest BCUT2D eigenvalue weighted by atomic mass is 35.5. The second kappa shape index (κ2) is 1.35. The number of alkyl halides is 2. The van der Waals surface area contributed by atoms with E-state index in [2.05, 4.69) is 6.42 Å². The van der Waals surface area contributed by atoms with Crippen molar-refractivity contribution in [3.8, 4) is 0 Å². The molecule has 0 aromatic heterocycles. The fourth-order valence-corrected chi connectivity index (χ4v) is 1.76. The summed E-state index contributed by atoms with van der Waals surface area (Å²) in [6.45, 7) is 0. The van der Waals surface area contributed by atoms with E-state index in [0.29, 0.717) is 5.92 Å². The summed E-state index contributed by atoms with van der Waals surface area (Å²) in [4.78, 5) is 0. The monoisotopic (exact) mass is 149 g/mol.